The molecule has 0 saturated carbocycles. The van der Waals surface area contributed by atoms with E-state index in [-0.39, 0.29) is 10.8 Å². The first kappa shape index (κ1) is 17.6. The smallest absolute Gasteiger partial charge is 0.240 e. The quantitative estimate of drug-likeness (QED) is 0.893. The van der Waals surface area contributed by atoms with E-state index in [9.17, 15) is 13.2 Å². The van der Waals surface area contributed by atoms with Crippen molar-refractivity contribution in [2.24, 2.45) is 0 Å². The highest BCUT2D eigenvalue weighted by atomic mass is 32.2. The Morgan fingerprint density at radius 2 is 2.00 bits per heavy atom. The number of carbonyl (C=O) groups excluding carboxylic acids is 1. The van der Waals surface area contributed by atoms with Crippen molar-refractivity contribution in [3.63, 3.8) is 0 Å². The van der Waals surface area contributed by atoms with Crippen LogP contribution in [0.4, 0.5) is 5.69 Å². The third kappa shape index (κ3) is 3.91. The SMILES string of the molecule is CC(=O)N1CCc2cc(S(=O)(=O)NCCc3cccc(C)c3)ccc21. The molecule has 1 aliphatic rings. The normalized spacial score (nSPS) is 13.8. The first-order valence-electron chi connectivity index (χ1n) is 8.33. The summed E-state index contributed by atoms with van der Waals surface area (Å²) in [6, 6.07) is 13.0. The van der Waals surface area contributed by atoms with Crippen LogP contribution in [0.15, 0.2) is 47.4 Å². The van der Waals surface area contributed by atoms with E-state index in [2.05, 4.69) is 10.8 Å². The molecule has 132 valence electrons. The van der Waals surface area contributed by atoms with Crippen molar-refractivity contribution in [1.29, 1.82) is 0 Å². The Hall–Kier alpha value is -2.18. The number of anilines is 1. The van der Waals surface area contributed by atoms with Crippen LogP contribution in [0.2, 0.25) is 0 Å². The fourth-order valence-electron chi connectivity index (χ4n) is 3.15. The van der Waals surface area contributed by atoms with Crippen LogP contribution >= 0.6 is 0 Å². The molecule has 1 N–H and O–H groups in total. The summed E-state index contributed by atoms with van der Waals surface area (Å²) in [5.74, 6) is -0.0226. The predicted octanol–water partition coefficient (Wildman–Crippen LogP) is 2.43. The molecule has 25 heavy (non-hydrogen) atoms. The van der Waals surface area contributed by atoms with E-state index >= 15 is 0 Å². The number of hydrogen-bond acceptors (Lipinski definition) is 3. The van der Waals surface area contributed by atoms with Gasteiger partial charge in [-0.25, -0.2) is 13.1 Å². The van der Waals surface area contributed by atoms with Gasteiger partial charge < -0.3 is 4.90 Å². The summed E-state index contributed by atoms with van der Waals surface area (Å²) < 4.78 is 27.7. The van der Waals surface area contributed by atoms with E-state index in [1.165, 1.54) is 6.92 Å². The Kier molecular flexibility index (Phi) is 4.92. The average molecular weight is 358 g/mol. The molecule has 0 saturated heterocycles. The van der Waals surface area contributed by atoms with Crippen LogP contribution in [0.25, 0.3) is 0 Å². The van der Waals surface area contributed by atoms with E-state index in [1.54, 1.807) is 23.1 Å². The second-order valence-electron chi connectivity index (χ2n) is 6.35. The molecule has 1 amide bonds. The number of nitrogens with zero attached hydrogens (tertiary/aromatic N) is 1. The zero-order chi connectivity index (χ0) is 18.0. The minimum atomic E-state index is -3.55. The van der Waals surface area contributed by atoms with Gasteiger partial charge in [-0.05, 0) is 49.1 Å². The van der Waals surface area contributed by atoms with Crippen molar-refractivity contribution in [2.45, 2.75) is 31.6 Å². The van der Waals surface area contributed by atoms with E-state index in [0.29, 0.717) is 25.9 Å². The van der Waals surface area contributed by atoms with Crippen LogP contribution in [0, 0.1) is 6.92 Å². The molecule has 2 aromatic carbocycles. The topological polar surface area (TPSA) is 66.5 Å². The molecule has 3 rings (SSSR count). The first-order valence-corrected chi connectivity index (χ1v) is 9.81. The maximum Gasteiger partial charge on any atom is 0.240 e. The van der Waals surface area contributed by atoms with Gasteiger partial charge in [-0.3, -0.25) is 4.79 Å². The van der Waals surface area contributed by atoms with Gasteiger partial charge in [0.25, 0.3) is 0 Å². The number of benzene rings is 2. The second kappa shape index (κ2) is 6.98. The van der Waals surface area contributed by atoms with Crippen LogP contribution in [-0.4, -0.2) is 27.4 Å². The van der Waals surface area contributed by atoms with Gasteiger partial charge in [0.1, 0.15) is 0 Å². The Bertz CT molecular complexity index is 907. The first-order chi connectivity index (χ1) is 11.9. The lowest BCUT2D eigenvalue weighted by Crippen LogP contribution is -2.26. The molecule has 6 heteroatoms. The predicted molar refractivity (Wildman–Crippen MR) is 98.2 cm³/mol. The lowest BCUT2D eigenvalue weighted by atomic mass is 10.1. The van der Waals surface area contributed by atoms with Gasteiger partial charge in [-0.15, -0.1) is 0 Å². The van der Waals surface area contributed by atoms with Gasteiger partial charge in [0, 0.05) is 25.7 Å². The number of hydrogen-bond donors (Lipinski definition) is 1. The standard InChI is InChI=1S/C19H22N2O3S/c1-14-4-3-5-16(12-14)8-10-20-25(23,24)18-6-7-19-17(13-18)9-11-21(19)15(2)22/h3-7,12-13,20H,8-11H2,1-2H3. The van der Waals surface area contributed by atoms with Crippen LogP contribution in [0.3, 0.4) is 0 Å². The molecule has 1 aliphatic heterocycles. The fraction of sp³-hybridized carbons (Fsp3) is 0.316. The Labute approximate surface area is 148 Å². The Morgan fingerprint density at radius 3 is 2.72 bits per heavy atom. The van der Waals surface area contributed by atoms with Crippen molar-refractivity contribution >= 4 is 21.6 Å². The van der Waals surface area contributed by atoms with Crippen LogP contribution in [0.5, 0.6) is 0 Å². The minimum Gasteiger partial charge on any atom is -0.312 e. The van der Waals surface area contributed by atoms with Gasteiger partial charge in [-0.1, -0.05) is 29.8 Å². The molecule has 0 atom stereocenters. The zero-order valence-electron chi connectivity index (χ0n) is 14.5. The maximum atomic E-state index is 12.5. The molecule has 0 radical (unpaired) electrons. The van der Waals surface area contributed by atoms with Crippen LogP contribution in [0.1, 0.15) is 23.6 Å². The third-order valence-electron chi connectivity index (χ3n) is 4.43. The summed E-state index contributed by atoms with van der Waals surface area (Å²) in [6.45, 7) is 4.49. The molecule has 0 spiro atoms. The molecular weight excluding hydrogens is 336 g/mol. The summed E-state index contributed by atoms with van der Waals surface area (Å²) in [7, 11) is -3.55. The Morgan fingerprint density at radius 1 is 1.20 bits per heavy atom. The third-order valence-corrected chi connectivity index (χ3v) is 5.88. The zero-order valence-corrected chi connectivity index (χ0v) is 15.3. The second-order valence-corrected chi connectivity index (χ2v) is 8.11. The van der Waals surface area contributed by atoms with E-state index in [4.69, 9.17) is 0 Å². The van der Waals surface area contributed by atoms with Gasteiger partial charge in [0.05, 0.1) is 4.90 Å². The highest BCUT2D eigenvalue weighted by molar-refractivity contribution is 7.89. The summed E-state index contributed by atoms with van der Waals surface area (Å²) in [5, 5.41) is 0. The van der Waals surface area contributed by atoms with Gasteiger partial charge >= 0.3 is 0 Å². The molecular formula is C19H22N2O3S. The van der Waals surface area contributed by atoms with Gasteiger partial charge in [0.2, 0.25) is 15.9 Å². The molecule has 0 fully saturated rings. The number of fused-ring (bicyclic) bond motifs is 1. The molecule has 2 aromatic rings. The van der Waals surface area contributed by atoms with Gasteiger partial charge in [0.15, 0.2) is 0 Å². The number of nitrogens with one attached hydrogen (secondary N) is 1. The van der Waals surface area contributed by atoms with Gasteiger partial charge in [-0.2, -0.15) is 0 Å². The Balaban J connectivity index is 1.69. The maximum absolute atomic E-state index is 12.5. The molecule has 1 heterocycles. The lowest BCUT2D eigenvalue weighted by Gasteiger charge is -2.15. The molecule has 0 aromatic heterocycles. The van der Waals surface area contributed by atoms with E-state index < -0.39 is 10.0 Å². The summed E-state index contributed by atoms with van der Waals surface area (Å²) in [6.07, 6.45) is 1.32. The van der Waals surface area contributed by atoms with E-state index in [0.717, 1.165) is 22.4 Å². The monoisotopic (exact) mass is 358 g/mol. The summed E-state index contributed by atoms with van der Waals surface area (Å²) in [5.41, 5.74) is 3.98. The fourth-order valence-corrected chi connectivity index (χ4v) is 4.24. The number of amides is 1. The largest absolute Gasteiger partial charge is 0.312 e. The minimum absolute atomic E-state index is 0.0226. The lowest BCUT2D eigenvalue weighted by molar-refractivity contribution is -0.116. The van der Waals surface area contributed by atoms with Crippen LogP contribution < -0.4 is 9.62 Å². The van der Waals surface area contributed by atoms with Crippen molar-refractivity contribution < 1.29 is 13.2 Å². The summed E-state index contributed by atoms with van der Waals surface area (Å²) in [4.78, 5) is 13.5. The number of sulfonamides is 1. The molecule has 5 nitrogen and oxygen atoms in total. The van der Waals surface area contributed by atoms with Crippen molar-refractivity contribution in [3.8, 4) is 0 Å². The van der Waals surface area contributed by atoms with Crippen LogP contribution in [-0.2, 0) is 27.7 Å². The molecule has 0 aliphatic carbocycles. The van der Waals surface area contributed by atoms with Crippen molar-refractivity contribution in [1.82, 2.24) is 4.72 Å². The highest BCUT2D eigenvalue weighted by Gasteiger charge is 2.24. The molecule has 0 bridgehead atoms. The van der Waals surface area contributed by atoms with Crippen molar-refractivity contribution in [3.05, 3.63) is 59.2 Å². The summed E-state index contributed by atoms with van der Waals surface area (Å²) >= 11 is 0. The number of aryl methyl sites for hydroxylation is 1. The molecule has 0 unspecified atom stereocenters. The average Bonchev–Trinajstić information content (AvgIpc) is 2.98. The van der Waals surface area contributed by atoms with E-state index in [1.807, 2.05) is 25.1 Å². The number of rotatable bonds is 5. The van der Waals surface area contributed by atoms with Crippen molar-refractivity contribution in [2.75, 3.05) is 18.0 Å². The highest BCUT2D eigenvalue weighted by Crippen LogP contribution is 2.30. The number of carbonyl (C=O) groups is 1.